The first-order chi connectivity index (χ1) is 16.0. The van der Waals surface area contributed by atoms with Gasteiger partial charge in [0.05, 0.1) is 6.54 Å². The lowest BCUT2D eigenvalue weighted by Gasteiger charge is -2.27. The van der Waals surface area contributed by atoms with Gasteiger partial charge >= 0.3 is 0 Å². The number of aryl methyl sites for hydroxylation is 2. The SMILES string of the molecule is Cc1ccc(NC(=S)N(Cc2ccccc2)Cc2cccn2Cc2ccc(Cl)cc2)c(C)c1. The number of hydrogen-bond donors (Lipinski definition) is 1. The highest BCUT2D eigenvalue weighted by molar-refractivity contribution is 7.80. The first kappa shape index (κ1) is 23.1. The van der Waals surface area contributed by atoms with Gasteiger partial charge in [-0.3, -0.25) is 0 Å². The number of nitrogens with zero attached hydrogens (tertiary/aromatic N) is 2. The lowest BCUT2D eigenvalue weighted by molar-refractivity contribution is 0.399. The van der Waals surface area contributed by atoms with Gasteiger partial charge in [-0.25, -0.2) is 0 Å². The van der Waals surface area contributed by atoms with Crippen LogP contribution in [0.5, 0.6) is 0 Å². The van der Waals surface area contributed by atoms with Gasteiger partial charge in [-0.15, -0.1) is 0 Å². The van der Waals surface area contributed by atoms with Crippen LogP contribution in [0, 0.1) is 13.8 Å². The molecule has 0 saturated heterocycles. The molecule has 33 heavy (non-hydrogen) atoms. The molecule has 4 aromatic rings. The maximum absolute atomic E-state index is 6.06. The van der Waals surface area contributed by atoms with Crippen LogP contribution < -0.4 is 5.32 Å². The summed E-state index contributed by atoms with van der Waals surface area (Å²) in [5.41, 5.74) is 7.10. The van der Waals surface area contributed by atoms with E-state index in [1.165, 1.54) is 27.9 Å². The summed E-state index contributed by atoms with van der Waals surface area (Å²) in [6, 6.07) is 29.1. The summed E-state index contributed by atoms with van der Waals surface area (Å²) in [5.74, 6) is 0. The molecule has 1 heterocycles. The summed E-state index contributed by atoms with van der Waals surface area (Å²) in [6.07, 6.45) is 2.12. The quantitative estimate of drug-likeness (QED) is 0.286. The molecule has 0 spiro atoms. The normalized spacial score (nSPS) is 10.8. The molecule has 0 aliphatic heterocycles. The second-order valence-electron chi connectivity index (χ2n) is 8.34. The number of rotatable bonds is 7. The van der Waals surface area contributed by atoms with E-state index in [1.807, 2.05) is 18.2 Å². The number of anilines is 1. The number of benzene rings is 3. The molecule has 5 heteroatoms. The monoisotopic (exact) mass is 473 g/mol. The fraction of sp³-hybridized carbons (Fsp3) is 0.179. The molecular formula is C28H28ClN3S. The Labute approximate surface area is 206 Å². The lowest BCUT2D eigenvalue weighted by atomic mass is 10.1. The van der Waals surface area contributed by atoms with Crippen LogP contribution in [0.4, 0.5) is 5.69 Å². The molecule has 168 valence electrons. The van der Waals surface area contributed by atoms with E-state index in [9.17, 15) is 0 Å². The molecule has 1 N–H and O–H groups in total. The summed E-state index contributed by atoms with van der Waals surface area (Å²) in [5, 5.41) is 4.95. The van der Waals surface area contributed by atoms with Crippen LogP contribution >= 0.6 is 23.8 Å². The third-order valence-electron chi connectivity index (χ3n) is 5.67. The summed E-state index contributed by atoms with van der Waals surface area (Å²) in [6.45, 7) is 6.42. The van der Waals surface area contributed by atoms with Crippen molar-refractivity contribution >= 4 is 34.6 Å². The molecule has 0 aliphatic carbocycles. The van der Waals surface area contributed by atoms with Gasteiger partial charge in [0.15, 0.2) is 5.11 Å². The van der Waals surface area contributed by atoms with Gasteiger partial charge in [0.25, 0.3) is 0 Å². The van der Waals surface area contributed by atoms with Gasteiger partial charge in [0.1, 0.15) is 0 Å². The predicted molar refractivity (Wildman–Crippen MR) is 143 cm³/mol. The molecule has 0 amide bonds. The van der Waals surface area contributed by atoms with Crippen molar-refractivity contribution in [1.29, 1.82) is 0 Å². The Morgan fingerprint density at radius 3 is 2.36 bits per heavy atom. The highest BCUT2D eigenvalue weighted by atomic mass is 35.5. The zero-order chi connectivity index (χ0) is 23.2. The van der Waals surface area contributed by atoms with Crippen molar-refractivity contribution in [2.45, 2.75) is 33.5 Å². The van der Waals surface area contributed by atoms with Crippen LogP contribution in [-0.4, -0.2) is 14.6 Å². The third-order valence-corrected chi connectivity index (χ3v) is 6.28. The molecule has 3 nitrogen and oxygen atoms in total. The molecule has 0 bridgehead atoms. The van der Waals surface area contributed by atoms with E-state index in [4.69, 9.17) is 23.8 Å². The van der Waals surface area contributed by atoms with Crippen LogP contribution in [0.15, 0.2) is 91.1 Å². The van der Waals surface area contributed by atoms with Gasteiger partial charge in [0.2, 0.25) is 0 Å². The zero-order valence-electron chi connectivity index (χ0n) is 19.0. The first-order valence-electron chi connectivity index (χ1n) is 11.0. The highest BCUT2D eigenvalue weighted by Crippen LogP contribution is 2.19. The first-order valence-corrected chi connectivity index (χ1v) is 11.8. The van der Waals surface area contributed by atoms with Crippen molar-refractivity contribution in [1.82, 2.24) is 9.47 Å². The van der Waals surface area contributed by atoms with E-state index >= 15 is 0 Å². The maximum atomic E-state index is 6.06. The van der Waals surface area contributed by atoms with E-state index in [0.717, 1.165) is 23.8 Å². The minimum absolute atomic E-state index is 0.701. The molecule has 0 aliphatic rings. The third kappa shape index (κ3) is 6.25. The molecule has 3 aromatic carbocycles. The van der Waals surface area contributed by atoms with Crippen molar-refractivity contribution in [2.24, 2.45) is 0 Å². The van der Waals surface area contributed by atoms with Crippen molar-refractivity contribution < 1.29 is 0 Å². The number of halogens is 1. The van der Waals surface area contributed by atoms with Gasteiger partial charge in [0, 0.05) is 35.7 Å². The Balaban J connectivity index is 1.56. The average molecular weight is 474 g/mol. The molecule has 0 unspecified atom stereocenters. The van der Waals surface area contributed by atoms with Crippen LogP contribution in [0.2, 0.25) is 5.02 Å². The fourth-order valence-corrected chi connectivity index (χ4v) is 4.25. The summed E-state index contributed by atoms with van der Waals surface area (Å²) < 4.78 is 2.26. The van der Waals surface area contributed by atoms with Crippen molar-refractivity contribution in [2.75, 3.05) is 5.32 Å². The maximum Gasteiger partial charge on any atom is 0.174 e. The Kier molecular flexibility index (Phi) is 7.48. The van der Waals surface area contributed by atoms with Crippen LogP contribution in [-0.2, 0) is 19.6 Å². The zero-order valence-corrected chi connectivity index (χ0v) is 20.5. The average Bonchev–Trinajstić information content (AvgIpc) is 3.24. The molecule has 0 saturated carbocycles. The van der Waals surface area contributed by atoms with Crippen molar-refractivity contribution in [3.63, 3.8) is 0 Å². The van der Waals surface area contributed by atoms with E-state index < -0.39 is 0 Å². The van der Waals surface area contributed by atoms with Gasteiger partial charge in [-0.1, -0.05) is 71.8 Å². The Morgan fingerprint density at radius 1 is 0.879 bits per heavy atom. The van der Waals surface area contributed by atoms with E-state index in [2.05, 4.69) is 102 Å². The summed E-state index contributed by atoms with van der Waals surface area (Å²) >= 11 is 12.0. The van der Waals surface area contributed by atoms with Crippen LogP contribution in [0.1, 0.15) is 27.9 Å². The van der Waals surface area contributed by atoms with E-state index in [0.29, 0.717) is 11.7 Å². The summed E-state index contributed by atoms with van der Waals surface area (Å²) in [7, 11) is 0. The number of aromatic nitrogens is 1. The number of thiocarbonyl (C=S) groups is 1. The van der Waals surface area contributed by atoms with Crippen LogP contribution in [0.3, 0.4) is 0 Å². The standard InChI is InChI=1S/C28H28ClN3S/c1-21-10-15-27(22(2)17-21)30-28(33)32(19-23-7-4-3-5-8-23)20-26-9-6-16-31(26)18-24-11-13-25(29)14-12-24/h3-17H,18-20H2,1-2H3,(H,30,33). The van der Waals surface area contributed by atoms with Crippen molar-refractivity contribution in [3.8, 4) is 0 Å². The van der Waals surface area contributed by atoms with Gasteiger partial charge < -0.3 is 14.8 Å². The minimum atomic E-state index is 0.701. The molecule has 0 atom stereocenters. The largest absolute Gasteiger partial charge is 0.345 e. The fourth-order valence-electron chi connectivity index (χ4n) is 3.88. The topological polar surface area (TPSA) is 20.2 Å². The molecule has 0 radical (unpaired) electrons. The van der Waals surface area contributed by atoms with Crippen molar-refractivity contribution in [3.05, 3.63) is 124 Å². The predicted octanol–water partition coefficient (Wildman–Crippen LogP) is 7.21. The van der Waals surface area contributed by atoms with Crippen LogP contribution in [0.25, 0.3) is 0 Å². The lowest BCUT2D eigenvalue weighted by Crippen LogP contribution is -2.34. The second kappa shape index (κ2) is 10.7. The smallest absolute Gasteiger partial charge is 0.174 e. The number of hydrogen-bond acceptors (Lipinski definition) is 1. The second-order valence-corrected chi connectivity index (χ2v) is 9.17. The Hall–Kier alpha value is -3.08. The van der Waals surface area contributed by atoms with E-state index in [1.54, 1.807) is 0 Å². The van der Waals surface area contributed by atoms with Gasteiger partial charge in [-0.2, -0.15) is 0 Å². The molecule has 4 rings (SSSR count). The molecular weight excluding hydrogens is 446 g/mol. The van der Waals surface area contributed by atoms with Gasteiger partial charge in [-0.05, 0) is 73.1 Å². The molecule has 0 fully saturated rings. The minimum Gasteiger partial charge on any atom is -0.345 e. The van der Waals surface area contributed by atoms with E-state index in [-0.39, 0.29) is 0 Å². The highest BCUT2D eigenvalue weighted by Gasteiger charge is 2.15. The number of nitrogens with one attached hydrogen (secondary N) is 1. The Morgan fingerprint density at radius 2 is 1.64 bits per heavy atom. The molecule has 1 aromatic heterocycles. The summed E-state index contributed by atoms with van der Waals surface area (Å²) in [4.78, 5) is 2.22. The Bertz CT molecular complexity index is 1220.